The van der Waals surface area contributed by atoms with E-state index in [2.05, 4.69) is 4.72 Å². The molecule has 150 valence electrons. The van der Waals surface area contributed by atoms with E-state index in [0.29, 0.717) is 36.9 Å². The van der Waals surface area contributed by atoms with Gasteiger partial charge in [-0.25, -0.2) is 8.42 Å². The third-order valence-corrected chi connectivity index (χ3v) is 5.65. The molecule has 1 aliphatic heterocycles. The maximum absolute atomic E-state index is 12.8. The van der Waals surface area contributed by atoms with Gasteiger partial charge in [-0.2, -0.15) is 13.2 Å². The highest BCUT2D eigenvalue weighted by Gasteiger charge is 2.31. The molecule has 1 amide bonds. The second-order valence-corrected chi connectivity index (χ2v) is 7.85. The number of anilines is 2. The Balaban J connectivity index is 1.95. The Kier molecular flexibility index (Phi) is 5.24. The van der Waals surface area contributed by atoms with E-state index in [-0.39, 0.29) is 16.5 Å². The standard InChI is InChI=1S/C18H17F3N2O4S/c1-27-16-8-7-14(11-15(16)23-9-3-6-17(23)24)28(25,26)22-13-5-2-4-12(10-13)18(19,20)21/h2,4-5,7-8,10-11,22H,3,6,9H2,1H3. The third kappa shape index (κ3) is 4.06. The summed E-state index contributed by atoms with van der Waals surface area (Å²) in [5.74, 6) is 0.173. The molecular formula is C18H17F3N2O4S. The highest BCUT2D eigenvalue weighted by molar-refractivity contribution is 7.92. The molecule has 6 nitrogen and oxygen atoms in total. The molecular weight excluding hydrogens is 397 g/mol. The number of ether oxygens (including phenoxy) is 1. The van der Waals surface area contributed by atoms with Gasteiger partial charge in [0.15, 0.2) is 0 Å². The van der Waals surface area contributed by atoms with Crippen LogP contribution in [0.5, 0.6) is 5.75 Å². The fourth-order valence-electron chi connectivity index (χ4n) is 2.92. The van der Waals surface area contributed by atoms with Crippen LogP contribution in [0.4, 0.5) is 24.5 Å². The van der Waals surface area contributed by atoms with Crippen LogP contribution in [0.3, 0.4) is 0 Å². The van der Waals surface area contributed by atoms with Crippen molar-refractivity contribution in [3.8, 4) is 5.75 Å². The number of carbonyl (C=O) groups excluding carboxylic acids is 1. The van der Waals surface area contributed by atoms with Crippen molar-refractivity contribution in [1.82, 2.24) is 0 Å². The third-order valence-electron chi connectivity index (χ3n) is 4.27. The SMILES string of the molecule is COc1ccc(S(=O)(=O)Nc2cccc(C(F)(F)F)c2)cc1N1CCCC1=O. The number of methoxy groups -OCH3 is 1. The summed E-state index contributed by atoms with van der Waals surface area (Å²) in [5.41, 5.74) is -0.882. The summed E-state index contributed by atoms with van der Waals surface area (Å²) in [6.45, 7) is 0.430. The van der Waals surface area contributed by atoms with Gasteiger partial charge in [0.05, 0.1) is 23.3 Å². The molecule has 0 aliphatic carbocycles. The van der Waals surface area contributed by atoms with Crippen LogP contribution in [0.15, 0.2) is 47.4 Å². The molecule has 1 fully saturated rings. The van der Waals surface area contributed by atoms with Crippen molar-refractivity contribution in [2.75, 3.05) is 23.3 Å². The lowest BCUT2D eigenvalue weighted by molar-refractivity contribution is -0.137. The van der Waals surface area contributed by atoms with E-state index < -0.39 is 21.8 Å². The van der Waals surface area contributed by atoms with Crippen molar-refractivity contribution in [3.63, 3.8) is 0 Å². The topological polar surface area (TPSA) is 75.7 Å². The summed E-state index contributed by atoms with van der Waals surface area (Å²) in [5, 5.41) is 0. The van der Waals surface area contributed by atoms with Crippen molar-refractivity contribution in [2.45, 2.75) is 23.9 Å². The van der Waals surface area contributed by atoms with Gasteiger partial charge in [-0.3, -0.25) is 9.52 Å². The van der Waals surface area contributed by atoms with Crippen LogP contribution in [-0.2, 0) is 21.0 Å². The lowest BCUT2D eigenvalue weighted by Gasteiger charge is -2.20. The highest BCUT2D eigenvalue weighted by atomic mass is 32.2. The minimum atomic E-state index is -4.59. The molecule has 0 radical (unpaired) electrons. The molecule has 0 saturated carbocycles. The van der Waals surface area contributed by atoms with Crippen LogP contribution >= 0.6 is 0 Å². The first-order valence-corrected chi connectivity index (χ1v) is 9.78. The van der Waals surface area contributed by atoms with Gasteiger partial charge in [-0.05, 0) is 42.8 Å². The maximum atomic E-state index is 12.8. The number of alkyl halides is 3. The predicted molar refractivity (Wildman–Crippen MR) is 96.8 cm³/mol. The number of amides is 1. The van der Waals surface area contributed by atoms with Crippen LogP contribution in [0.1, 0.15) is 18.4 Å². The second kappa shape index (κ2) is 7.34. The Morgan fingerprint density at radius 2 is 1.89 bits per heavy atom. The number of benzene rings is 2. The largest absolute Gasteiger partial charge is 0.495 e. The first-order valence-electron chi connectivity index (χ1n) is 8.30. The minimum Gasteiger partial charge on any atom is -0.495 e. The lowest BCUT2D eigenvalue weighted by Crippen LogP contribution is -2.25. The number of hydrogen-bond donors (Lipinski definition) is 1. The smallest absolute Gasteiger partial charge is 0.416 e. The van der Waals surface area contributed by atoms with Crippen molar-refractivity contribution in [3.05, 3.63) is 48.0 Å². The first-order chi connectivity index (χ1) is 13.1. The molecule has 0 bridgehead atoms. The first kappa shape index (κ1) is 20.0. The molecule has 1 N–H and O–H groups in total. The summed E-state index contributed by atoms with van der Waals surface area (Å²) in [6.07, 6.45) is -3.60. The molecule has 0 atom stereocenters. The number of nitrogens with one attached hydrogen (secondary N) is 1. The fraction of sp³-hybridized carbons (Fsp3) is 0.278. The molecule has 1 saturated heterocycles. The molecule has 3 rings (SSSR count). The van der Waals surface area contributed by atoms with E-state index in [1.165, 1.54) is 36.3 Å². The van der Waals surface area contributed by atoms with E-state index in [1.807, 2.05) is 0 Å². The minimum absolute atomic E-state index is 0.154. The number of hydrogen-bond acceptors (Lipinski definition) is 4. The summed E-state index contributed by atoms with van der Waals surface area (Å²) in [6, 6.07) is 7.84. The van der Waals surface area contributed by atoms with Gasteiger partial charge < -0.3 is 9.64 Å². The van der Waals surface area contributed by atoms with E-state index in [1.54, 1.807) is 0 Å². The molecule has 2 aromatic carbocycles. The Morgan fingerprint density at radius 3 is 2.50 bits per heavy atom. The molecule has 0 aromatic heterocycles. The van der Waals surface area contributed by atoms with Gasteiger partial charge in [-0.1, -0.05) is 6.07 Å². The molecule has 10 heteroatoms. The summed E-state index contributed by atoms with van der Waals surface area (Å²) in [4.78, 5) is 13.3. The summed E-state index contributed by atoms with van der Waals surface area (Å²) < 4.78 is 71.2. The average molecular weight is 414 g/mol. The Bertz CT molecular complexity index is 1010. The molecule has 1 aliphatic rings. The van der Waals surface area contributed by atoms with Gasteiger partial charge in [0, 0.05) is 18.7 Å². The maximum Gasteiger partial charge on any atom is 0.416 e. The van der Waals surface area contributed by atoms with Crippen molar-refractivity contribution in [2.24, 2.45) is 0 Å². The lowest BCUT2D eigenvalue weighted by atomic mass is 10.2. The monoisotopic (exact) mass is 414 g/mol. The van der Waals surface area contributed by atoms with Crippen LogP contribution in [0.2, 0.25) is 0 Å². The summed E-state index contributed by atoms with van der Waals surface area (Å²) in [7, 11) is -2.78. The molecule has 0 spiro atoms. The number of carbonyl (C=O) groups is 1. The quantitative estimate of drug-likeness (QED) is 0.811. The number of nitrogens with zero attached hydrogens (tertiary/aromatic N) is 1. The zero-order chi connectivity index (χ0) is 20.5. The predicted octanol–water partition coefficient (Wildman–Crippen LogP) is 3.64. The van der Waals surface area contributed by atoms with Gasteiger partial charge in [0.1, 0.15) is 5.75 Å². The van der Waals surface area contributed by atoms with Crippen molar-refractivity contribution < 1.29 is 31.1 Å². The van der Waals surface area contributed by atoms with Crippen LogP contribution < -0.4 is 14.4 Å². The van der Waals surface area contributed by atoms with Gasteiger partial charge in [-0.15, -0.1) is 0 Å². The molecule has 28 heavy (non-hydrogen) atoms. The van der Waals surface area contributed by atoms with E-state index in [4.69, 9.17) is 4.74 Å². The van der Waals surface area contributed by atoms with Gasteiger partial charge >= 0.3 is 6.18 Å². The Labute approximate surface area is 160 Å². The van der Waals surface area contributed by atoms with Crippen LogP contribution in [-0.4, -0.2) is 28.0 Å². The number of halogens is 3. The van der Waals surface area contributed by atoms with Crippen molar-refractivity contribution >= 4 is 27.3 Å². The fourth-order valence-corrected chi connectivity index (χ4v) is 3.99. The number of sulfonamides is 1. The second-order valence-electron chi connectivity index (χ2n) is 6.17. The summed E-state index contributed by atoms with van der Waals surface area (Å²) >= 11 is 0. The zero-order valence-corrected chi connectivity index (χ0v) is 15.6. The van der Waals surface area contributed by atoms with Gasteiger partial charge in [0.2, 0.25) is 5.91 Å². The van der Waals surface area contributed by atoms with E-state index in [9.17, 15) is 26.4 Å². The molecule has 1 heterocycles. The molecule has 2 aromatic rings. The highest BCUT2D eigenvalue weighted by Crippen LogP contribution is 2.35. The van der Waals surface area contributed by atoms with E-state index >= 15 is 0 Å². The van der Waals surface area contributed by atoms with Crippen LogP contribution in [0.25, 0.3) is 0 Å². The van der Waals surface area contributed by atoms with Gasteiger partial charge in [0.25, 0.3) is 10.0 Å². The van der Waals surface area contributed by atoms with E-state index in [0.717, 1.165) is 12.1 Å². The zero-order valence-electron chi connectivity index (χ0n) is 14.8. The average Bonchev–Trinajstić information content (AvgIpc) is 3.06. The Hall–Kier alpha value is -2.75. The van der Waals surface area contributed by atoms with Crippen LogP contribution in [0, 0.1) is 0 Å². The van der Waals surface area contributed by atoms with Crippen molar-refractivity contribution in [1.29, 1.82) is 0 Å². The number of rotatable bonds is 5. The Morgan fingerprint density at radius 1 is 1.14 bits per heavy atom. The normalized spacial score (nSPS) is 15.0. The molecule has 0 unspecified atom stereocenters.